The van der Waals surface area contributed by atoms with Crippen LogP contribution in [0.25, 0.3) is 22.2 Å². The molecule has 0 radical (unpaired) electrons. The summed E-state index contributed by atoms with van der Waals surface area (Å²) in [6.07, 6.45) is 4.20. The van der Waals surface area contributed by atoms with Crippen molar-refractivity contribution in [2.24, 2.45) is 4.99 Å². The fraction of sp³-hybridized carbons (Fsp3) is 0.290. The minimum absolute atomic E-state index is 0.311. The van der Waals surface area contributed by atoms with E-state index in [4.69, 9.17) is 21.3 Å². The number of nitrogen functional groups attached to an aromatic ring is 2. The average Bonchev–Trinajstić information content (AvgIpc) is 3.29. The predicted octanol–water partition coefficient (Wildman–Crippen LogP) is 5.51. The van der Waals surface area contributed by atoms with Crippen LogP contribution in [0.5, 0.6) is 0 Å². The van der Waals surface area contributed by atoms with Gasteiger partial charge >= 0.3 is 6.09 Å². The molecule has 2 aromatic heterocycles. The second kappa shape index (κ2) is 10.8. The molecule has 2 aromatic carbocycles. The first-order valence-electron chi connectivity index (χ1n) is 13.4. The molecule has 206 valence electrons. The van der Waals surface area contributed by atoms with Gasteiger partial charge in [-0.3, -0.25) is 4.99 Å². The van der Waals surface area contributed by atoms with Crippen molar-refractivity contribution in [2.75, 3.05) is 24.6 Å². The van der Waals surface area contributed by atoms with E-state index < -0.39 is 5.60 Å². The average molecular weight is 538 g/mol. The van der Waals surface area contributed by atoms with E-state index in [2.05, 4.69) is 16.0 Å². The Labute approximate surface area is 234 Å². The van der Waals surface area contributed by atoms with Gasteiger partial charge in [-0.15, -0.1) is 0 Å². The van der Waals surface area contributed by atoms with E-state index in [1.165, 1.54) is 0 Å². The molecule has 0 fully saturated rings. The van der Waals surface area contributed by atoms with E-state index in [-0.39, 0.29) is 6.09 Å². The molecule has 0 aliphatic carbocycles. The maximum absolute atomic E-state index is 12.6. The molecule has 4 aromatic rings. The van der Waals surface area contributed by atoms with Crippen LogP contribution in [-0.2, 0) is 11.3 Å². The van der Waals surface area contributed by atoms with Crippen molar-refractivity contribution < 1.29 is 9.53 Å². The number of rotatable bonds is 5. The second-order valence-electron chi connectivity index (χ2n) is 11.0. The van der Waals surface area contributed by atoms with E-state index in [1.54, 1.807) is 11.1 Å². The number of aryl methyl sites for hydroxylation is 1. The van der Waals surface area contributed by atoms with Crippen LogP contribution in [0.3, 0.4) is 0 Å². The molecule has 0 unspecified atom stereocenters. The number of anilines is 2. The van der Waals surface area contributed by atoms with Crippen molar-refractivity contribution in [3.05, 3.63) is 83.3 Å². The summed E-state index contributed by atoms with van der Waals surface area (Å²) in [5, 5.41) is 4.70. The lowest BCUT2D eigenvalue weighted by Crippen LogP contribution is -2.39. The van der Waals surface area contributed by atoms with E-state index in [0.717, 1.165) is 39.0 Å². The molecule has 5 rings (SSSR count). The van der Waals surface area contributed by atoms with Crippen LogP contribution >= 0.6 is 0 Å². The van der Waals surface area contributed by atoms with Crippen LogP contribution < -0.4 is 11.5 Å². The third kappa shape index (κ3) is 5.83. The van der Waals surface area contributed by atoms with Gasteiger partial charge in [0, 0.05) is 36.1 Å². The molecule has 3 heterocycles. The standard InChI is InChI=1S/C31H35N7O2/c1-20-35-29(33)28-25(23-10-11-24(26(32)16-23)19-34-18-21-8-6-5-7-9-21)17-27(38(28)36-20)22-12-14-37(15-13-22)30(39)40-31(2,3)4/h5-12,16-17,19H,13-15,18,32H2,1-4H3,(H2,33,35,36). The molecule has 1 aliphatic heterocycles. The zero-order chi connectivity index (χ0) is 28.4. The van der Waals surface area contributed by atoms with Gasteiger partial charge in [0.25, 0.3) is 0 Å². The topological polar surface area (TPSA) is 124 Å². The van der Waals surface area contributed by atoms with Gasteiger partial charge in [0.1, 0.15) is 16.9 Å². The summed E-state index contributed by atoms with van der Waals surface area (Å²) in [6, 6.07) is 18.1. The monoisotopic (exact) mass is 537 g/mol. The van der Waals surface area contributed by atoms with E-state index in [9.17, 15) is 4.79 Å². The molecule has 0 saturated heterocycles. The van der Waals surface area contributed by atoms with Crippen LogP contribution in [-0.4, -0.2) is 50.5 Å². The molecule has 1 amide bonds. The summed E-state index contributed by atoms with van der Waals surface area (Å²) in [7, 11) is 0. The second-order valence-corrected chi connectivity index (χ2v) is 11.0. The number of nitrogens with two attached hydrogens (primary N) is 2. The highest BCUT2D eigenvalue weighted by Crippen LogP contribution is 2.36. The molecule has 0 spiro atoms. The predicted molar refractivity (Wildman–Crippen MR) is 160 cm³/mol. The Bertz CT molecular complexity index is 1610. The molecule has 9 heteroatoms. The lowest BCUT2D eigenvalue weighted by molar-refractivity contribution is 0.0270. The largest absolute Gasteiger partial charge is 0.444 e. The molecular weight excluding hydrogens is 502 g/mol. The Kier molecular flexibility index (Phi) is 7.30. The Morgan fingerprint density at radius 3 is 2.58 bits per heavy atom. The zero-order valence-electron chi connectivity index (χ0n) is 23.4. The number of hydrogen-bond donors (Lipinski definition) is 2. The molecule has 4 N–H and O–H groups in total. The zero-order valence-corrected chi connectivity index (χ0v) is 23.4. The van der Waals surface area contributed by atoms with Crippen molar-refractivity contribution in [3.8, 4) is 11.1 Å². The van der Waals surface area contributed by atoms with Gasteiger partial charge in [-0.2, -0.15) is 5.10 Å². The van der Waals surface area contributed by atoms with Crippen molar-refractivity contribution in [1.29, 1.82) is 0 Å². The normalized spacial score (nSPS) is 14.1. The number of carbonyl (C=O) groups excluding carboxylic acids is 1. The van der Waals surface area contributed by atoms with E-state index in [1.807, 2.05) is 86.8 Å². The molecule has 40 heavy (non-hydrogen) atoms. The summed E-state index contributed by atoms with van der Waals surface area (Å²) < 4.78 is 7.40. The third-order valence-corrected chi connectivity index (χ3v) is 6.68. The van der Waals surface area contributed by atoms with Crippen molar-refractivity contribution >= 4 is 34.9 Å². The number of amides is 1. The van der Waals surface area contributed by atoms with Crippen LogP contribution in [0.2, 0.25) is 0 Å². The van der Waals surface area contributed by atoms with Crippen molar-refractivity contribution in [3.63, 3.8) is 0 Å². The Morgan fingerprint density at radius 2 is 1.90 bits per heavy atom. The van der Waals surface area contributed by atoms with E-state index >= 15 is 0 Å². The van der Waals surface area contributed by atoms with E-state index in [0.29, 0.717) is 43.4 Å². The summed E-state index contributed by atoms with van der Waals surface area (Å²) in [6.45, 7) is 9.02. The molecule has 0 bridgehead atoms. The summed E-state index contributed by atoms with van der Waals surface area (Å²) >= 11 is 0. The number of ether oxygens (including phenoxy) is 1. The molecule has 9 nitrogen and oxygen atoms in total. The molecule has 1 aliphatic rings. The third-order valence-electron chi connectivity index (χ3n) is 6.68. The van der Waals surface area contributed by atoms with Gasteiger partial charge in [-0.1, -0.05) is 48.5 Å². The number of hydrogen-bond acceptors (Lipinski definition) is 7. The van der Waals surface area contributed by atoms with Gasteiger partial charge in [-0.25, -0.2) is 14.3 Å². The van der Waals surface area contributed by atoms with Gasteiger partial charge in [-0.05, 0) is 62.9 Å². The number of benzene rings is 2. The lowest BCUT2D eigenvalue weighted by atomic mass is 10.0. The minimum atomic E-state index is -0.537. The summed E-state index contributed by atoms with van der Waals surface area (Å²) in [4.78, 5) is 23.3. The number of fused-ring (bicyclic) bond motifs is 1. The van der Waals surface area contributed by atoms with Gasteiger partial charge in [0.05, 0.1) is 12.2 Å². The number of carbonyl (C=O) groups is 1. The minimum Gasteiger partial charge on any atom is -0.444 e. The quantitative estimate of drug-likeness (QED) is 0.255. The van der Waals surface area contributed by atoms with Crippen molar-refractivity contribution in [2.45, 2.75) is 46.3 Å². The maximum atomic E-state index is 12.6. The fourth-order valence-electron chi connectivity index (χ4n) is 4.78. The van der Waals surface area contributed by atoms with Crippen molar-refractivity contribution in [1.82, 2.24) is 19.5 Å². The number of aliphatic imine (C=N–C) groups is 1. The summed E-state index contributed by atoms with van der Waals surface area (Å²) in [5.41, 5.74) is 19.5. The number of aromatic nitrogens is 3. The highest BCUT2D eigenvalue weighted by Gasteiger charge is 2.26. The highest BCUT2D eigenvalue weighted by atomic mass is 16.6. The first-order chi connectivity index (χ1) is 19.1. The summed E-state index contributed by atoms with van der Waals surface area (Å²) in [5.74, 6) is 0.970. The molecule has 0 saturated carbocycles. The Balaban J connectivity index is 1.45. The van der Waals surface area contributed by atoms with Crippen LogP contribution in [0, 0.1) is 6.92 Å². The van der Waals surface area contributed by atoms with Gasteiger partial charge in [0.15, 0.2) is 5.82 Å². The first-order valence-corrected chi connectivity index (χ1v) is 13.4. The maximum Gasteiger partial charge on any atom is 0.410 e. The first kappa shape index (κ1) is 26.9. The fourth-order valence-corrected chi connectivity index (χ4v) is 4.78. The van der Waals surface area contributed by atoms with Crippen LogP contribution in [0.4, 0.5) is 16.3 Å². The van der Waals surface area contributed by atoms with Gasteiger partial charge in [0.2, 0.25) is 0 Å². The smallest absolute Gasteiger partial charge is 0.410 e. The SMILES string of the molecule is Cc1nc(N)c2c(-c3ccc(C=NCc4ccccc4)c(N)c3)cc(C3=CCN(C(=O)OC(C)(C)C)CC3)n2n1. The Hall–Kier alpha value is -4.66. The van der Waals surface area contributed by atoms with Crippen LogP contribution in [0.15, 0.2) is 65.7 Å². The molecular formula is C31H35N7O2. The van der Waals surface area contributed by atoms with Crippen LogP contribution in [0.1, 0.15) is 49.8 Å². The molecule has 0 atom stereocenters. The highest BCUT2D eigenvalue weighted by molar-refractivity contribution is 5.94. The van der Waals surface area contributed by atoms with Gasteiger partial charge < -0.3 is 21.1 Å². The number of nitrogens with zero attached hydrogens (tertiary/aromatic N) is 5. The lowest BCUT2D eigenvalue weighted by Gasteiger charge is -2.29. The Morgan fingerprint density at radius 1 is 1.12 bits per heavy atom.